The number of sulfonamides is 1. The van der Waals surface area contributed by atoms with Gasteiger partial charge in [0.1, 0.15) is 0 Å². The summed E-state index contributed by atoms with van der Waals surface area (Å²) in [6, 6.07) is 14.3. The first-order valence-corrected chi connectivity index (χ1v) is 12.3. The Kier molecular flexibility index (Phi) is 6.37. The van der Waals surface area contributed by atoms with Crippen LogP contribution in [0.1, 0.15) is 11.1 Å². The normalized spacial score (nSPS) is 15.1. The molecule has 0 atom stereocenters. The molecule has 7 nitrogen and oxygen atoms in total. The summed E-state index contributed by atoms with van der Waals surface area (Å²) in [6.45, 7) is 7.35. The minimum Gasteiger partial charge on any atom is -0.353 e. The Balaban J connectivity index is 1.54. The number of likely N-dealkylation sites (N-methyl/N-ethyl adjacent to an activating group) is 1. The first-order valence-electron chi connectivity index (χ1n) is 10.4. The van der Waals surface area contributed by atoms with Crippen molar-refractivity contribution >= 4 is 33.1 Å². The minimum atomic E-state index is -3.76. The molecule has 9 heteroatoms. The standard InChI is InChI=1S/C23H26ClN5O2S/c1-16-14-22(17(2)13-20(16)24)32(30,31)27-19-6-4-5-18(15-19)21-7-8-23(26-25-21)29-11-9-28(3)10-12-29/h4-8,13-15,27H,9-12H2,1-3H3. The highest BCUT2D eigenvalue weighted by atomic mass is 35.5. The van der Waals surface area contributed by atoms with Crippen LogP contribution >= 0.6 is 11.6 Å². The molecule has 1 aromatic heterocycles. The maximum atomic E-state index is 13.0. The Morgan fingerprint density at radius 3 is 2.38 bits per heavy atom. The van der Waals surface area contributed by atoms with Crippen molar-refractivity contribution in [2.75, 3.05) is 42.8 Å². The van der Waals surface area contributed by atoms with Gasteiger partial charge in [-0.1, -0.05) is 23.7 Å². The van der Waals surface area contributed by atoms with Crippen molar-refractivity contribution in [1.82, 2.24) is 15.1 Å². The molecular formula is C23H26ClN5O2S. The van der Waals surface area contributed by atoms with Gasteiger partial charge in [-0.2, -0.15) is 0 Å². The predicted octanol–water partition coefficient (Wildman–Crippen LogP) is 3.97. The summed E-state index contributed by atoms with van der Waals surface area (Å²) in [5, 5.41) is 9.31. The first-order chi connectivity index (χ1) is 15.2. The van der Waals surface area contributed by atoms with Crippen LogP contribution in [-0.4, -0.2) is 56.7 Å². The number of aromatic nitrogens is 2. The fourth-order valence-electron chi connectivity index (χ4n) is 3.68. The predicted molar refractivity (Wildman–Crippen MR) is 129 cm³/mol. The fraction of sp³-hybridized carbons (Fsp3) is 0.304. The monoisotopic (exact) mass is 471 g/mol. The van der Waals surface area contributed by atoms with E-state index in [-0.39, 0.29) is 4.90 Å². The quantitative estimate of drug-likeness (QED) is 0.606. The zero-order valence-electron chi connectivity index (χ0n) is 18.3. The smallest absolute Gasteiger partial charge is 0.262 e. The second kappa shape index (κ2) is 9.05. The van der Waals surface area contributed by atoms with Crippen molar-refractivity contribution in [3.8, 4) is 11.3 Å². The van der Waals surface area contributed by atoms with Crippen LogP contribution in [0.15, 0.2) is 53.4 Å². The number of nitrogens with one attached hydrogen (secondary N) is 1. The molecule has 1 N–H and O–H groups in total. The molecule has 0 radical (unpaired) electrons. The average Bonchev–Trinajstić information content (AvgIpc) is 2.77. The molecule has 0 amide bonds. The highest BCUT2D eigenvalue weighted by Gasteiger charge is 2.19. The van der Waals surface area contributed by atoms with Crippen LogP contribution in [0.5, 0.6) is 0 Å². The number of rotatable bonds is 5. The second-order valence-electron chi connectivity index (χ2n) is 8.12. The number of piperazine rings is 1. The molecule has 1 saturated heterocycles. The lowest BCUT2D eigenvalue weighted by Crippen LogP contribution is -2.44. The van der Waals surface area contributed by atoms with Gasteiger partial charge in [-0.05, 0) is 68.4 Å². The summed E-state index contributed by atoms with van der Waals surface area (Å²) in [4.78, 5) is 4.72. The molecule has 32 heavy (non-hydrogen) atoms. The van der Waals surface area contributed by atoms with E-state index >= 15 is 0 Å². The van der Waals surface area contributed by atoms with E-state index in [1.54, 1.807) is 44.2 Å². The van der Waals surface area contributed by atoms with E-state index in [9.17, 15) is 8.42 Å². The number of nitrogens with zero attached hydrogens (tertiary/aromatic N) is 4. The van der Waals surface area contributed by atoms with Gasteiger partial charge in [0.05, 0.1) is 10.6 Å². The van der Waals surface area contributed by atoms with Crippen LogP contribution in [0.3, 0.4) is 0 Å². The van der Waals surface area contributed by atoms with Gasteiger partial charge in [0.15, 0.2) is 5.82 Å². The minimum absolute atomic E-state index is 0.209. The molecule has 0 unspecified atom stereocenters. The first kappa shape index (κ1) is 22.5. The number of aryl methyl sites for hydroxylation is 2. The highest BCUT2D eigenvalue weighted by molar-refractivity contribution is 7.92. The van der Waals surface area contributed by atoms with Crippen LogP contribution in [0.2, 0.25) is 5.02 Å². The Labute approximate surface area is 194 Å². The van der Waals surface area contributed by atoms with Crippen molar-refractivity contribution in [2.45, 2.75) is 18.7 Å². The average molecular weight is 472 g/mol. The molecule has 0 saturated carbocycles. The summed E-state index contributed by atoms with van der Waals surface area (Å²) in [5.41, 5.74) is 3.23. The van der Waals surface area contributed by atoms with E-state index in [0.29, 0.717) is 27.5 Å². The molecule has 168 valence electrons. The van der Waals surface area contributed by atoms with Gasteiger partial charge in [0.2, 0.25) is 0 Å². The maximum Gasteiger partial charge on any atom is 0.262 e. The molecule has 0 spiro atoms. The summed E-state index contributed by atoms with van der Waals surface area (Å²) in [5.74, 6) is 0.854. The number of hydrogen-bond donors (Lipinski definition) is 1. The van der Waals surface area contributed by atoms with Gasteiger partial charge in [-0.3, -0.25) is 4.72 Å². The maximum absolute atomic E-state index is 13.0. The van der Waals surface area contributed by atoms with Crippen LogP contribution in [0, 0.1) is 13.8 Å². The van der Waals surface area contributed by atoms with Crippen molar-refractivity contribution in [3.63, 3.8) is 0 Å². The lowest BCUT2D eigenvalue weighted by Gasteiger charge is -2.32. The Hall–Kier alpha value is -2.68. The van der Waals surface area contributed by atoms with E-state index in [4.69, 9.17) is 11.6 Å². The van der Waals surface area contributed by atoms with Crippen molar-refractivity contribution < 1.29 is 8.42 Å². The number of halogens is 1. The van der Waals surface area contributed by atoms with Gasteiger partial charge in [0, 0.05) is 42.5 Å². The molecule has 0 bridgehead atoms. The molecule has 2 aromatic carbocycles. The Bertz CT molecular complexity index is 1220. The van der Waals surface area contributed by atoms with Gasteiger partial charge >= 0.3 is 0 Å². The van der Waals surface area contributed by atoms with E-state index in [1.165, 1.54) is 0 Å². The zero-order valence-corrected chi connectivity index (χ0v) is 19.9. The van der Waals surface area contributed by atoms with Crippen molar-refractivity contribution in [3.05, 3.63) is 64.7 Å². The molecule has 1 fully saturated rings. The summed E-state index contributed by atoms with van der Waals surface area (Å²) in [7, 11) is -1.65. The van der Waals surface area contributed by atoms with Gasteiger partial charge in [0.25, 0.3) is 10.0 Å². The van der Waals surface area contributed by atoms with Crippen LogP contribution < -0.4 is 9.62 Å². The van der Waals surface area contributed by atoms with E-state index in [1.807, 2.05) is 18.2 Å². The van der Waals surface area contributed by atoms with Gasteiger partial charge < -0.3 is 9.80 Å². The topological polar surface area (TPSA) is 78.4 Å². The van der Waals surface area contributed by atoms with E-state index < -0.39 is 10.0 Å². The number of benzene rings is 2. The Morgan fingerprint density at radius 2 is 1.69 bits per heavy atom. The SMILES string of the molecule is Cc1cc(S(=O)(=O)Nc2cccc(-c3ccc(N4CCN(C)CC4)nn3)c2)c(C)cc1Cl. The molecule has 1 aliphatic rings. The molecule has 2 heterocycles. The van der Waals surface area contributed by atoms with Crippen LogP contribution in [0.4, 0.5) is 11.5 Å². The van der Waals surface area contributed by atoms with E-state index in [2.05, 4.69) is 31.8 Å². The lowest BCUT2D eigenvalue weighted by molar-refractivity contribution is 0.312. The number of anilines is 2. The fourth-order valence-corrected chi connectivity index (χ4v) is 5.26. The lowest BCUT2D eigenvalue weighted by atomic mass is 10.1. The number of hydrogen-bond acceptors (Lipinski definition) is 6. The summed E-state index contributed by atoms with van der Waals surface area (Å²) < 4.78 is 28.6. The van der Waals surface area contributed by atoms with Crippen LogP contribution in [-0.2, 0) is 10.0 Å². The molecule has 3 aromatic rings. The summed E-state index contributed by atoms with van der Waals surface area (Å²) >= 11 is 6.12. The third-order valence-corrected chi connectivity index (χ3v) is 7.56. The van der Waals surface area contributed by atoms with Crippen molar-refractivity contribution in [2.24, 2.45) is 0 Å². The third-order valence-electron chi connectivity index (χ3n) is 5.63. The van der Waals surface area contributed by atoms with Crippen LogP contribution in [0.25, 0.3) is 11.3 Å². The van der Waals surface area contributed by atoms with Gasteiger partial charge in [-0.15, -0.1) is 10.2 Å². The Morgan fingerprint density at radius 1 is 0.938 bits per heavy atom. The molecule has 0 aliphatic carbocycles. The highest BCUT2D eigenvalue weighted by Crippen LogP contribution is 2.27. The zero-order chi connectivity index (χ0) is 22.9. The molecule has 1 aliphatic heterocycles. The van der Waals surface area contributed by atoms with E-state index in [0.717, 1.165) is 37.6 Å². The molecule has 4 rings (SSSR count). The third kappa shape index (κ3) is 4.87. The van der Waals surface area contributed by atoms with Gasteiger partial charge in [-0.25, -0.2) is 8.42 Å². The largest absolute Gasteiger partial charge is 0.353 e. The summed E-state index contributed by atoms with van der Waals surface area (Å²) in [6.07, 6.45) is 0. The second-order valence-corrected chi connectivity index (χ2v) is 10.2. The van der Waals surface area contributed by atoms with Crippen molar-refractivity contribution in [1.29, 1.82) is 0 Å². The molecular weight excluding hydrogens is 446 g/mol.